The fraction of sp³-hybridized carbons (Fsp3) is 0.214. The lowest BCUT2D eigenvalue weighted by Gasteiger charge is -2.02. The number of nitrogens with one attached hydrogen (secondary N) is 1. The second-order valence-corrected chi connectivity index (χ2v) is 5.40. The largest absolute Gasteiger partial charge is 0.464 e. The van der Waals surface area contributed by atoms with E-state index in [4.69, 9.17) is 9.47 Å². The van der Waals surface area contributed by atoms with Crippen LogP contribution < -0.4 is 4.74 Å². The third kappa shape index (κ3) is 3.25. The standard InChI is InChI=1S/C14H13NO5S/c1-7(16)20-9-4-5-11-10(6-9)13(21-8(2)17)12(15-11)14(18)19-3/h4-6,15H,1-3H3. The number of benzene rings is 1. The second kappa shape index (κ2) is 6.01. The number of hydrogen-bond donors (Lipinski definition) is 1. The Hall–Kier alpha value is -2.28. The summed E-state index contributed by atoms with van der Waals surface area (Å²) in [5.41, 5.74) is 0.850. The SMILES string of the molecule is COC(=O)c1[nH]c2ccc(OC(C)=O)cc2c1SC(C)=O. The maximum absolute atomic E-state index is 11.8. The van der Waals surface area contributed by atoms with Crippen molar-refractivity contribution in [3.05, 3.63) is 23.9 Å². The number of carbonyl (C=O) groups excluding carboxylic acids is 3. The summed E-state index contributed by atoms with van der Waals surface area (Å²) >= 11 is 0.921. The van der Waals surface area contributed by atoms with Gasteiger partial charge in [-0.1, -0.05) is 0 Å². The van der Waals surface area contributed by atoms with Crippen molar-refractivity contribution in [3.63, 3.8) is 0 Å². The molecule has 1 aromatic heterocycles. The first-order valence-electron chi connectivity index (χ1n) is 6.03. The highest BCUT2D eigenvalue weighted by molar-refractivity contribution is 8.13. The maximum atomic E-state index is 11.8. The van der Waals surface area contributed by atoms with Gasteiger partial charge in [0.25, 0.3) is 0 Å². The Morgan fingerprint density at radius 1 is 1.19 bits per heavy atom. The lowest BCUT2D eigenvalue weighted by Crippen LogP contribution is -2.03. The number of fused-ring (bicyclic) bond motifs is 1. The Morgan fingerprint density at radius 3 is 2.48 bits per heavy atom. The molecule has 0 bridgehead atoms. The van der Waals surface area contributed by atoms with Gasteiger partial charge in [0, 0.05) is 24.8 Å². The molecule has 21 heavy (non-hydrogen) atoms. The zero-order valence-corrected chi connectivity index (χ0v) is 12.5. The maximum Gasteiger partial charge on any atom is 0.355 e. The smallest absolute Gasteiger partial charge is 0.355 e. The van der Waals surface area contributed by atoms with Crippen molar-refractivity contribution in [1.29, 1.82) is 0 Å². The first-order chi connectivity index (χ1) is 9.92. The molecule has 0 saturated heterocycles. The molecule has 0 fully saturated rings. The zero-order valence-electron chi connectivity index (χ0n) is 11.7. The van der Waals surface area contributed by atoms with E-state index in [-0.39, 0.29) is 10.8 Å². The molecule has 0 aliphatic carbocycles. The van der Waals surface area contributed by atoms with E-state index in [0.29, 0.717) is 21.5 Å². The summed E-state index contributed by atoms with van der Waals surface area (Å²) in [5.74, 6) is -0.668. The highest BCUT2D eigenvalue weighted by Crippen LogP contribution is 2.34. The molecule has 7 heteroatoms. The number of rotatable bonds is 3. The van der Waals surface area contributed by atoms with Crippen LogP contribution in [0.2, 0.25) is 0 Å². The molecule has 0 saturated carbocycles. The molecule has 0 unspecified atom stereocenters. The van der Waals surface area contributed by atoms with E-state index in [1.165, 1.54) is 21.0 Å². The van der Waals surface area contributed by atoms with E-state index in [9.17, 15) is 14.4 Å². The second-order valence-electron chi connectivity index (χ2n) is 4.22. The average Bonchev–Trinajstić information content (AvgIpc) is 2.75. The Morgan fingerprint density at radius 2 is 1.90 bits per heavy atom. The van der Waals surface area contributed by atoms with Gasteiger partial charge >= 0.3 is 11.9 Å². The summed E-state index contributed by atoms with van der Waals surface area (Å²) in [5, 5.41) is 0.452. The molecule has 0 atom stereocenters. The molecule has 0 spiro atoms. The Labute approximate surface area is 124 Å². The molecule has 0 aliphatic heterocycles. The van der Waals surface area contributed by atoms with Gasteiger partial charge in [-0.15, -0.1) is 0 Å². The number of esters is 2. The van der Waals surface area contributed by atoms with Crippen molar-refractivity contribution in [2.45, 2.75) is 18.7 Å². The molecule has 0 radical (unpaired) electrons. The molecular formula is C14H13NO5S. The number of aromatic nitrogens is 1. The number of thioether (sulfide) groups is 1. The van der Waals surface area contributed by atoms with Crippen LogP contribution in [0.25, 0.3) is 10.9 Å². The Balaban J connectivity index is 2.61. The number of methoxy groups -OCH3 is 1. The number of aromatic amines is 1. The third-order valence-corrected chi connectivity index (χ3v) is 3.53. The molecule has 2 rings (SSSR count). The molecular weight excluding hydrogens is 294 g/mol. The van der Waals surface area contributed by atoms with Crippen molar-refractivity contribution in [2.75, 3.05) is 7.11 Å². The predicted molar refractivity (Wildman–Crippen MR) is 77.5 cm³/mol. The number of hydrogen-bond acceptors (Lipinski definition) is 6. The minimum Gasteiger partial charge on any atom is -0.464 e. The van der Waals surface area contributed by atoms with Crippen molar-refractivity contribution in [3.8, 4) is 5.75 Å². The van der Waals surface area contributed by atoms with Crippen molar-refractivity contribution in [1.82, 2.24) is 4.98 Å². The van der Waals surface area contributed by atoms with E-state index < -0.39 is 11.9 Å². The molecule has 6 nitrogen and oxygen atoms in total. The Kier molecular flexibility index (Phi) is 4.32. The monoisotopic (exact) mass is 307 g/mol. The summed E-state index contributed by atoms with van der Waals surface area (Å²) in [6, 6.07) is 4.87. The highest BCUT2D eigenvalue weighted by Gasteiger charge is 2.20. The molecule has 110 valence electrons. The minimum atomic E-state index is -0.566. The molecule has 0 aliphatic rings. The minimum absolute atomic E-state index is 0.168. The van der Waals surface area contributed by atoms with Gasteiger partial charge in [-0.2, -0.15) is 0 Å². The van der Waals surface area contributed by atoms with Gasteiger partial charge in [-0.25, -0.2) is 4.79 Å². The first kappa shape index (κ1) is 15.1. The first-order valence-corrected chi connectivity index (χ1v) is 6.85. The van der Waals surface area contributed by atoms with Crippen LogP contribution in [-0.4, -0.2) is 29.1 Å². The topological polar surface area (TPSA) is 85.5 Å². The van der Waals surface area contributed by atoms with Gasteiger partial charge < -0.3 is 14.5 Å². The van der Waals surface area contributed by atoms with E-state index in [2.05, 4.69) is 4.98 Å². The van der Waals surface area contributed by atoms with Crippen molar-refractivity contribution >= 4 is 39.7 Å². The summed E-state index contributed by atoms with van der Waals surface area (Å²) in [6.07, 6.45) is 0. The lowest BCUT2D eigenvalue weighted by atomic mass is 10.2. The summed E-state index contributed by atoms with van der Waals surface area (Å²) in [6.45, 7) is 2.70. The molecule has 1 N–H and O–H groups in total. The Bertz CT molecular complexity index is 734. The molecule has 1 heterocycles. The average molecular weight is 307 g/mol. The summed E-state index contributed by atoms with van der Waals surface area (Å²) in [7, 11) is 1.26. The van der Waals surface area contributed by atoms with Crippen molar-refractivity contribution in [2.24, 2.45) is 0 Å². The summed E-state index contributed by atoms with van der Waals surface area (Å²) < 4.78 is 9.72. The van der Waals surface area contributed by atoms with Gasteiger partial charge in [0.1, 0.15) is 11.4 Å². The van der Waals surface area contributed by atoms with Crippen LogP contribution in [0.1, 0.15) is 24.3 Å². The van der Waals surface area contributed by atoms with Gasteiger partial charge in [0.2, 0.25) is 0 Å². The van der Waals surface area contributed by atoms with Crippen LogP contribution in [0.4, 0.5) is 0 Å². The highest BCUT2D eigenvalue weighted by atomic mass is 32.2. The number of ether oxygens (including phenoxy) is 2. The van der Waals surface area contributed by atoms with Gasteiger partial charge in [-0.3, -0.25) is 9.59 Å². The normalized spacial score (nSPS) is 10.4. The van der Waals surface area contributed by atoms with Gasteiger partial charge in [0.05, 0.1) is 12.0 Å². The quantitative estimate of drug-likeness (QED) is 0.533. The molecule has 1 aromatic carbocycles. The van der Waals surface area contributed by atoms with Crippen LogP contribution >= 0.6 is 11.8 Å². The molecule has 0 amide bonds. The van der Waals surface area contributed by atoms with Crippen LogP contribution in [0.15, 0.2) is 23.1 Å². The van der Waals surface area contributed by atoms with E-state index in [0.717, 1.165) is 11.8 Å². The number of carbonyl (C=O) groups is 3. The van der Waals surface area contributed by atoms with Crippen LogP contribution in [0.5, 0.6) is 5.75 Å². The van der Waals surface area contributed by atoms with E-state index >= 15 is 0 Å². The van der Waals surface area contributed by atoms with Crippen LogP contribution in [0, 0.1) is 0 Å². The van der Waals surface area contributed by atoms with Crippen LogP contribution in [-0.2, 0) is 14.3 Å². The van der Waals surface area contributed by atoms with E-state index in [1.807, 2.05) is 0 Å². The number of H-pyrrole nitrogens is 1. The fourth-order valence-corrected chi connectivity index (χ4v) is 2.67. The van der Waals surface area contributed by atoms with Crippen LogP contribution in [0.3, 0.4) is 0 Å². The van der Waals surface area contributed by atoms with Gasteiger partial charge in [-0.05, 0) is 30.0 Å². The predicted octanol–water partition coefficient (Wildman–Crippen LogP) is 2.52. The third-order valence-electron chi connectivity index (χ3n) is 2.62. The zero-order chi connectivity index (χ0) is 15.6. The van der Waals surface area contributed by atoms with Gasteiger partial charge in [0.15, 0.2) is 5.12 Å². The summed E-state index contributed by atoms with van der Waals surface area (Å²) in [4.78, 5) is 37.6. The van der Waals surface area contributed by atoms with Crippen molar-refractivity contribution < 1.29 is 23.9 Å². The molecule has 2 aromatic rings. The fourth-order valence-electron chi connectivity index (χ4n) is 1.87. The van der Waals surface area contributed by atoms with E-state index in [1.54, 1.807) is 18.2 Å². The lowest BCUT2D eigenvalue weighted by molar-refractivity contribution is -0.131.